The van der Waals surface area contributed by atoms with E-state index in [1.807, 2.05) is 12.1 Å². The summed E-state index contributed by atoms with van der Waals surface area (Å²) in [7, 11) is 0. The van der Waals surface area contributed by atoms with Crippen molar-refractivity contribution in [2.75, 3.05) is 4.90 Å². The summed E-state index contributed by atoms with van der Waals surface area (Å²) >= 11 is 13.9. The first-order valence-corrected chi connectivity index (χ1v) is 9.16. The Morgan fingerprint density at radius 3 is 2.77 bits per heavy atom. The lowest BCUT2D eigenvalue weighted by Crippen LogP contribution is -2.13. The first kappa shape index (κ1) is 17.0. The number of hydrogen-bond donors (Lipinski definition) is 0. The molecule has 0 aliphatic heterocycles. The second-order valence-corrected chi connectivity index (χ2v) is 7.29. The fraction of sp³-hybridized carbons (Fsp3) is 0.0556. The molecule has 0 aliphatic rings. The molecule has 2 aromatic heterocycles. The van der Waals surface area contributed by atoms with Crippen molar-refractivity contribution in [3.05, 3.63) is 58.5 Å². The number of oxazole rings is 1. The predicted octanol–water partition coefficient (Wildman–Crippen LogP) is 5.86. The Morgan fingerprint density at radius 2 is 2.00 bits per heavy atom. The number of benzene rings is 2. The summed E-state index contributed by atoms with van der Waals surface area (Å²) in [5.41, 5.74) is 2.68. The van der Waals surface area contributed by atoms with Gasteiger partial charge in [-0.1, -0.05) is 46.7 Å². The van der Waals surface area contributed by atoms with Crippen LogP contribution >= 0.6 is 34.5 Å². The lowest BCUT2D eigenvalue weighted by Gasteiger charge is -2.15. The lowest BCUT2D eigenvalue weighted by molar-refractivity contribution is -0.106. The van der Waals surface area contributed by atoms with E-state index in [1.54, 1.807) is 37.4 Å². The first-order valence-electron chi connectivity index (χ1n) is 7.59. The second kappa shape index (κ2) is 6.72. The van der Waals surface area contributed by atoms with E-state index in [0.717, 1.165) is 10.4 Å². The number of thiazole rings is 1. The molecule has 0 saturated heterocycles. The third kappa shape index (κ3) is 2.96. The monoisotopic (exact) mass is 403 g/mol. The predicted molar refractivity (Wildman–Crippen MR) is 105 cm³/mol. The number of fused-ring (bicyclic) bond motifs is 1. The number of para-hydroxylation sites is 1. The molecule has 5 nitrogen and oxygen atoms in total. The van der Waals surface area contributed by atoms with Gasteiger partial charge in [0, 0.05) is 18.7 Å². The molecule has 1 amide bonds. The van der Waals surface area contributed by atoms with E-state index >= 15 is 0 Å². The zero-order valence-corrected chi connectivity index (χ0v) is 15.8. The lowest BCUT2D eigenvalue weighted by atomic mass is 10.2. The van der Waals surface area contributed by atoms with E-state index in [1.165, 1.54) is 16.2 Å². The summed E-state index contributed by atoms with van der Waals surface area (Å²) in [4.78, 5) is 22.5. The minimum Gasteiger partial charge on any atom is -0.441 e. The van der Waals surface area contributed by atoms with Crippen LogP contribution in [0.15, 0.2) is 47.0 Å². The van der Waals surface area contributed by atoms with Gasteiger partial charge < -0.3 is 4.42 Å². The van der Waals surface area contributed by atoms with Crippen molar-refractivity contribution >= 4 is 62.9 Å². The van der Waals surface area contributed by atoms with Gasteiger partial charge in [-0.05, 0) is 24.3 Å². The van der Waals surface area contributed by atoms with Crippen molar-refractivity contribution in [3.8, 4) is 10.4 Å². The molecule has 0 saturated carbocycles. The van der Waals surface area contributed by atoms with Crippen LogP contribution in [0.1, 0.15) is 5.89 Å². The number of aryl methyl sites for hydroxylation is 1. The summed E-state index contributed by atoms with van der Waals surface area (Å²) in [6.45, 7) is 1.78. The summed E-state index contributed by atoms with van der Waals surface area (Å²) < 4.78 is 5.58. The van der Waals surface area contributed by atoms with Crippen LogP contribution < -0.4 is 4.90 Å². The number of anilines is 2. The normalized spacial score (nSPS) is 11.0. The number of hydrogen-bond acceptors (Lipinski definition) is 5. The van der Waals surface area contributed by atoms with Gasteiger partial charge in [-0.25, -0.2) is 9.97 Å². The maximum Gasteiger partial charge on any atom is 0.220 e. The number of aromatic nitrogens is 2. The molecule has 0 aliphatic carbocycles. The number of carbonyl (C=O) groups is 1. The van der Waals surface area contributed by atoms with Crippen LogP contribution in [0.2, 0.25) is 10.0 Å². The molecule has 2 aromatic carbocycles. The van der Waals surface area contributed by atoms with Crippen molar-refractivity contribution in [3.63, 3.8) is 0 Å². The van der Waals surface area contributed by atoms with E-state index in [4.69, 9.17) is 27.6 Å². The van der Waals surface area contributed by atoms with E-state index in [9.17, 15) is 4.79 Å². The summed E-state index contributed by atoms with van der Waals surface area (Å²) in [5.74, 6) is 0.573. The molecular weight excluding hydrogens is 393 g/mol. The summed E-state index contributed by atoms with van der Waals surface area (Å²) in [5, 5.41) is 1.50. The van der Waals surface area contributed by atoms with Gasteiger partial charge in [-0.2, -0.15) is 0 Å². The van der Waals surface area contributed by atoms with Crippen LogP contribution in [0, 0.1) is 6.92 Å². The molecule has 4 rings (SSSR count). The van der Waals surface area contributed by atoms with Crippen LogP contribution in [0.5, 0.6) is 0 Å². The van der Waals surface area contributed by atoms with Crippen LogP contribution in [-0.2, 0) is 4.79 Å². The smallest absolute Gasteiger partial charge is 0.220 e. The maximum absolute atomic E-state index is 11.6. The maximum atomic E-state index is 11.6. The Bertz CT molecular complexity index is 1120. The molecule has 0 spiro atoms. The van der Waals surface area contributed by atoms with Crippen molar-refractivity contribution in [1.29, 1.82) is 0 Å². The van der Waals surface area contributed by atoms with Gasteiger partial charge in [0.2, 0.25) is 6.41 Å². The highest BCUT2D eigenvalue weighted by Gasteiger charge is 2.18. The van der Waals surface area contributed by atoms with Gasteiger partial charge in [0.15, 0.2) is 16.6 Å². The minimum absolute atomic E-state index is 0.466. The molecule has 0 fully saturated rings. The molecule has 0 N–H and O–H groups in total. The van der Waals surface area contributed by atoms with Crippen LogP contribution in [0.25, 0.3) is 21.5 Å². The molecule has 4 aromatic rings. The number of nitrogens with zero attached hydrogens (tertiary/aromatic N) is 3. The second-order valence-electron chi connectivity index (χ2n) is 5.47. The highest BCUT2D eigenvalue weighted by atomic mass is 35.5. The standard InChI is InChI=1S/C18H11Cl2N3O2S/c1-10-22-14-7-13(20)11(6-16(14)25-10)17-8-21-18(26-17)23(9-24)15-5-3-2-4-12(15)19/h2-9H,1H3. The Balaban J connectivity index is 1.77. The number of rotatable bonds is 4. The molecule has 2 heterocycles. The average molecular weight is 404 g/mol. The fourth-order valence-electron chi connectivity index (χ4n) is 2.61. The molecule has 8 heteroatoms. The molecule has 0 radical (unpaired) electrons. The third-order valence-corrected chi connectivity index (χ3v) is 5.43. The van der Waals surface area contributed by atoms with Crippen molar-refractivity contribution < 1.29 is 9.21 Å². The quantitative estimate of drug-likeness (QED) is 0.400. The minimum atomic E-state index is 0.466. The zero-order valence-electron chi connectivity index (χ0n) is 13.4. The number of amides is 1. The molecular formula is C18H11Cl2N3O2S. The highest BCUT2D eigenvalue weighted by molar-refractivity contribution is 7.19. The van der Waals surface area contributed by atoms with Crippen LogP contribution in [0.4, 0.5) is 10.8 Å². The summed E-state index contributed by atoms with van der Waals surface area (Å²) in [6.07, 6.45) is 2.36. The molecule has 130 valence electrons. The van der Waals surface area contributed by atoms with Crippen molar-refractivity contribution in [2.24, 2.45) is 0 Å². The Kier molecular flexibility index (Phi) is 4.40. The third-order valence-electron chi connectivity index (χ3n) is 3.77. The van der Waals surface area contributed by atoms with Crippen molar-refractivity contribution in [2.45, 2.75) is 6.92 Å². The SMILES string of the molecule is Cc1nc2cc(Cl)c(-c3cnc(N(C=O)c4ccccc4Cl)s3)cc2o1. The molecule has 0 unspecified atom stereocenters. The van der Waals surface area contributed by atoms with Gasteiger partial charge in [0.05, 0.1) is 20.6 Å². The van der Waals surface area contributed by atoms with Crippen LogP contribution in [0.3, 0.4) is 0 Å². The van der Waals surface area contributed by atoms with Gasteiger partial charge in [-0.15, -0.1) is 0 Å². The topological polar surface area (TPSA) is 59.2 Å². The number of carbonyl (C=O) groups excluding carboxylic acids is 1. The van der Waals surface area contributed by atoms with E-state index in [0.29, 0.717) is 44.3 Å². The Morgan fingerprint density at radius 1 is 1.19 bits per heavy atom. The Labute approximate surface area is 162 Å². The fourth-order valence-corrected chi connectivity index (χ4v) is 4.07. The first-order chi connectivity index (χ1) is 12.6. The average Bonchev–Trinajstić information content (AvgIpc) is 3.22. The number of halogens is 2. The van der Waals surface area contributed by atoms with Gasteiger partial charge in [0.25, 0.3) is 0 Å². The largest absolute Gasteiger partial charge is 0.441 e. The molecule has 0 atom stereocenters. The van der Waals surface area contributed by atoms with Crippen LogP contribution in [-0.4, -0.2) is 16.4 Å². The highest BCUT2D eigenvalue weighted by Crippen LogP contribution is 2.40. The van der Waals surface area contributed by atoms with Gasteiger partial charge >= 0.3 is 0 Å². The van der Waals surface area contributed by atoms with E-state index in [-0.39, 0.29) is 0 Å². The van der Waals surface area contributed by atoms with Gasteiger partial charge in [0.1, 0.15) is 5.52 Å². The zero-order chi connectivity index (χ0) is 18.3. The van der Waals surface area contributed by atoms with Gasteiger partial charge in [-0.3, -0.25) is 9.69 Å². The Hall–Kier alpha value is -2.41. The molecule has 26 heavy (non-hydrogen) atoms. The van der Waals surface area contributed by atoms with E-state index in [2.05, 4.69) is 9.97 Å². The summed E-state index contributed by atoms with van der Waals surface area (Å²) in [6, 6.07) is 10.7. The van der Waals surface area contributed by atoms with Crippen molar-refractivity contribution in [1.82, 2.24) is 9.97 Å². The van der Waals surface area contributed by atoms with E-state index < -0.39 is 0 Å². The molecule has 0 bridgehead atoms.